The van der Waals surface area contributed by atoms with E-state index in [2.05, 4.69) is 47.5 Å². The fourth-order valence-corrected chi connectivity index (χ4v) is 2.32. The largest absolute Gasteiger partial charge is 0.385 e. The van der Waals surface area contributed by atoms with Crippen LogP contribution in [0.3, 0.4) is 0 Å². The predicted octanol–water partition coefficient (Wildman–Crippen LogP) is 2.83. The predicted molar refractivity (Wildman–Crippen MR) is 69.8 cm³/mol. The lowest BCUT2D eigenvalue weighted by Crippen LogP contribution is -2.23. The SMILES string of the molecule is CC1CCN(CCCNc2ccccc2)C1. The molecule has 0 amide bonds. The second-order valence-electron chi connectivity index (χ2n) is 4.84. The average Bonchev–Trinajstić information content (AvgIpc) is 2.72. The first kappa shape index (κ1) is 11.5. The van der Waals surface area contributed by atoms with Crippen LogP contribution in [-0.4, -0.2) is 31.1 Å². The Labute approximate surface area is 98.7 Å². The molecule has 1 atom stereocenters. The van der Waals surface area contributed by atoms with Crippen molar-refractivity contribution in [2.24, 2.45) is 5.92 Å². The van der Waals surface area contributed by atoms with Gasteiger partial charge in [-0.25, -0.2) is 0 Å². The summed E-state index contributed by atoms with van der Waals surface area (Å²) in [6.45, 7) is 7.26. The highest BCUT2D eigenvalue weighted by Crippen LogP contribution is 2.14. The standard InChI is InChI=1S/C14H22N2/c1-13-8-11-16(12-13)10-5-9-15-14-6-3-2-4-7-14/h2-4,6-7,13,15H,5,8-12H2,1H3. The maximum absolute atomic E-state index is 3.45. The van der Waals surface area contributed by atoms with Gasteiger partial charge in [0.25, 0.3) is 0 Å². The van der Waals surface area contributed by atoms with Crippen LogP contribution in [0.4, 0.5) is 5.69 Å². The Balaban J connectivity index is 1.59. The molecule has 16 heavy (non-hydrogen) atoms. The van der Waals surface area contributed by atoms with E-state index in [0.29, 0.717) is 0 Å². The minimum Gasteiger partial charge on any atom is -0.385 e. The Morgan fingerprint density at radius 1 is 1.31 bits per heavy atom. The molecule has 1 fully saturated rings. The Hall–Kier alpha value is -1.02. The van der Waals surface area contributed by atoms with Crippen LogP contribution in [0.15, 0.2) is 30.3 Å². The maximum atomic E-state index is 3.45. The van der Waals surface area contributed by atoms with E-state index in [-0.39, 0.29) is 0 Å². The Kier molecular flexibility index (Phi) is 4.23. The fraction of sp³-hybridized carbons (Fsp3) is 0.571. The molecule has 88 valence electrons. The topological polar surface area (TPSA) is 15.3 Å². The molecule has 0 saturated carbocycles. The number of nitrogens with one attached hydrogen (secondary N) is 1. The molecular formula is C14H22N2. The molecule has 2 nitrogen and oxygen atoms in total. The Bertz CT molecular complexity index is 297. The first-order valence-electron chi connectivity index (χ1n) is 6.36. The maximum Gasteiger partial charge on any atom is 0.0340 e. The molecule has 0 radical (unpaired) electrons. The number of likely N-dealkylation sites (tertiary alicyclic amines) is 1. The monoisotopic (exact) mass is 218 g/mol. The molecule has 0 aromatic heterocycles. The van der Waals surface area contributed by atoms with Gasteiger partial charge >= 0.3 is 0 Å². The number of nitrogens with zero attached hydrogens (tertiary/aromatic N) is 1. The van der Waals surface area contributed by atoms with Gasteiger partial charge in [-0.15, -0.1) is 0 Å². The van der Waals surface area contributed by atoms with Gasteiger partial charge in [-0.2, -0.15) is 0 Å². The van der Waals surface area contributed by atoms with E-state index in [1.165, 1.54) is 38.2 Å². The molecule has 0 spiro atoms. The summed E-state index contributed by atoms with van der Waals surface area (Å²) in [6, 6.07) is 10.4. The minimum atomic E-state index is 0.905. The zero-order chi connectivity index (χ0) is 11.2. The molecule has 0 bridgehead atoms. The van der Waals surface area contributed by atoms with Gasteiger partial charge in [0.1, 0.15) is 0 Å². The van der Waals surface area contributed by atoms with E-state index in [1.807, 2.05) is 0 Å². The van der Waals surface area contributed by atoms with Crippen LogP contribution in [0.25, 0.3) is 0 Å². The van der Waals surface area contributed by atoms with E-state index in [4.69, 9.17) is 0 Å². The Morgan fingerprint density at radius 3 is 2.81 bits per heavy atom. The normalized spacial score (nSPS) is 21.2. The molecule has 1 aliphatic rings. The van der Waals surface area contributed by atoms with Crippen molar-refractivity contribution < 1.29 is 0 Å². The first-order valence-corrected chi connectivity index (χ1v) is 6.36. The second-order valence-corrected chi connectivity index (χ2v) is 4.84. The van der Waals surface area contributed by atoms with Crippen molar-refractivity contribution in [3.05, 3.63) is 30.3 Å². The van der Waals surface area contributed by atoms with Crippen LogP contribution in [0, 0.1) is 5.92 Å². The van der Waals surface area contributed by atoms with Crippen LogP contribution in [0.1, 0.15) is 19.8 Å². The van der Waals surface area contributed by atoms with Crippen molar-refractivity contribution in [2.75, 3.05) is 31.5 Å². The highest BCUT2D eigenvalue weighted by molar-refractivity contribution is 5.42. The number of rotatable bonds is 5. The third-order valence-electron chi connectivity index (χ3n) is 3.26. The summed E-state index contributed by atoms with van der Waals surface area (Å²) in [7, 11) is 0. The number of hydrogen-bond donors (Lipinski definition) is 1. The van der Waals surface area contributed by atoms with Crippen molar-refractivity contribution in [3.8, 4) is 0 Å². The summed E-state index contributed by atoms with van der Waals surface area (Å²) in [6.07, 6.45) is 2.62. The lowest BCUT2D eigenvalue weighted by Gasteiger charge is -2.15. The van der Waals surface area contributed by atoms with Crippen molar-refractivity contribution >= 4 is 5.69 Å². The second kappa shape index (κ2) is 5.90. The van der Waals surface area contributed by atoms with E-state index in [0.717, 1.165) is 12.5 Å². The quantitative estimate of drug-likeness (QED) is 0.765. The van der Waals surface area contributed by atoms with Gasteiger partial charge in [-0.3, -0.25) is 0 Å². The summed E-state index contributed by atoms with van der Waals surface area (Å²) < 4.78 is 0. The zero-order valence-corrected chi connectivity index (χ0v) is 10.2. The number of benzene rings is 1. The van der Waals surface area contributed by atoms with Crippen LogP contribution in [0.2, 0.25) is 0 Å². The number of hydrogen-bond acceptors (Lipinski definition) is 2. The summed E-state index contributed by atoms with van der Waals surface area (Å²) in [5.74, 6) is 0.905. The summed E-state index contributed by atoms with van der Waals surface area (Å²) >= 11 is 0. The molecule has 0 aliphatic carbocycles. The Morgan fingerprint density at radius 2 is 2.12 bits per heavy atom. The third kappa shape index (κ3) is 3.53. The fourth-order valence-electron chi connectivity index (χ4n) is 2.32. The number of anilines is 1. The van der Waals surface area contributed by atoms with Gasteiger partial charge in [0.2, 0.25) is 0 Å². The average molecular weight is 218 g/mol. The van der Waals surface area contributed by atoms with E-state index in [9.17, 15) is 0 Å². The molecule has 1 aromatic rings. The van der Waals surface area contributed by atoms with Crippen LogP contribution < -0.4 is 5.32 Å². The van der Waals surface area contributed by atoms with Gasteiger partial charge < -0.3 is 10.2 Å². The zero-order valence-electron chi connectivity index (χ0n) is 10.2. The first-order chi connectivity index (χ1) is 7.84. The smallest absolute Gasteiger partial charge is 0.0340 e. The number of para-hydroxylation sites is 1. The van der Waals surface area contributed by atoms with Gasteiger partial charge in [0.05, 0.1) is 0 Å². The molecular weight excluding hydrogens is 196 g/mol. The van der Waals surface area contributed by atoms with E-state index in [1.54, 1.807) is 0 Å². The summed E-state index contributed by atoms with van der Waals surface area (Å²) in [5, 5.41) is 3.45. The third-order valence-corrected chi connectivity index (χ3v) is 3.26. The molecule has 1 aliphatic heterocycles. The lowest BCUT2D eigenvalue weighted by molar-refractivity contribution is 0.326. The minimum absolute atomic E-state index is 0.905. The molecule has 1 N–H and O–H groups in total. The van der Waals surface area contributed by atoms with Crippen molar-refractivity contribution in [1.82, 2.24) is 4.90 Å². The molecule has 1 aromatic carbocycles. The highest BCUT2D eigenvalue weighted by atomic mass is 15.1. The van der Waals surface area contributed by atoms with Crippen LogP contribution in [0.5, 0.6) is 0 Å². The van der Waals surface area contributed by atoms with Gasteiger partial charge in [0.15, 0.2) is 0 Å². The van der Waals surface area contributed by atoms with Gasteiger partial charge in [-0.05, 0) is 44.0 Å². The molecule has 2 heteroatoms. The van der Waals surface area contributed by atoms with Crippen LogP contribution >= 0.6 is 0 Å². The van der Waals surface area contributed by atoms with Crippen molar-refractivity contribution in [2.45, 2.75) is 19.8 Å². The molecule has 2 rings (SSSR count). The van der Waals surface area contributed by atoms with E-state index < -0.39 is 0 Å². The van der Waals surface area contributed by atoms with Gasteiger partial charge in [-0.1, -0.05) is 25.1 Å². The van der Waals surface area contributed by atoms with Crippen LogP contribution in [-0.2, 0) is 0 Å². The highest BCUT2D eigenvalue weighted by Gasteiger charge is 2.17. The van der Waals surface area contributed by atoms with Crippen molar-refractivity contribution in [3.63, 3.8) is 0 Å². The van der Waals surface area contributed by atoms with Crippen molar-refractivity contribution in [1.29, 1.82) is 0 Å². The summed E-state index contributed by atoms with van der Waals surface area (Å²) in [5.41, 5.74) is 1.23. The molecule has 1 unspecified atom stereocenters. The van der Waals surface area contributed by atoms with Gasteiger partial charge in [0, 0.05) is 18.8 Å². The molecule has 1 saturated heterocycles. The lowest BCUT2D eigenvalue weighted by atomic mass is 10.2. The summed E-state index contributed by atoms with van der Waals surface area (Å²) in [4.78, 5) is 2.58. The molecule has 1 heterocycles. The van der Waals surface area contributed by atoms with E-state index >= 15 is 0 Å².